The highest BCUT2D eigenvalue weighted by Gasteiger charge is 2.33. The first-order valence-electron chi connectivity index (χ1n) is 7.55. The molecule has 0 aliphatic heterocycles. The first-order chi connectivity index (χ1) is 9.63. The molecule has 1 N–H and O–H groups in total. The number of hydrogen-bond donors (Lipinski definition) is 1. The van der Waals surface area contributed by atoms with E-state index in [4.69, 9.17) is 0 Å². The summed E-state index contributed by atoms with van der Waals surface area (Å²) in [6.07, 6.45) is 2.21. The van der Waals surface area contributed by atoms with Crippen LogP contribution in [0, 0.1) is 11.3 Å². The zero-order chi connectivity index (χ0) is 15.0. The predicted octanol–water partition coefficient (Wildman–Crippen LogP) is 3.14. The zero-order valence-electron chi connectivity index (χ0n) is 13.2. The summed E-state index contributed by atoms with van der Waals surface area (Å²) >= 11 is 0. The Hall–Kier alpha value is -1.37. The molecular weight excluding hydrogens is 246 g/mol. The number of rotatable bonds is 8. The van der Waals surface area contributed by atoms with E-state index in [0.29, 0.717) is 12.6 Å². The van der Waals surface area contributed by atoms with E-state index in [0.717, 1.165) is 24.9 Å². The van der Waals surface area contributed by atoms with Gasteiger partial charge in [0.05, 0.1) is 6.07 Å². The second kappa shape index (κ2) is 8.04. The average Bonchev–Trinajstić information content (AvgIpc) is 2.49. The minimum atomic E-state index is -0.632. The zero-order valence-corrected chi connectivity index (χ0v) is 13.2. The first-order valence-corrected chi connectivity index (χ1v) is 7.55. The molecule has 1 unspecified atom stereocenters. The molecule has 110 valence electrons. The Bertz CT molecular complexity index is 420. The van der Waals surface area contributed by atoms with Crippen LogP contribution >= 0.6 is 0 Å². The molecule has 0 spiro atoms. The molecule has 0 aliphatic carbocycles. The van der Waals surface area contributed by atoms with Gasteiger partial charge in [0.15, 0.2) is 0 Å². The minimum Gasteiger partial charge on any atom is -0.300 e. The third-order valence-electron chi connectivity index (χ3n) is 3.99. The second-order valence-corrected chi connectivity index (χ2v) is 5.30. The van der Waals surface area contributed by atoms with Crippen molar-refractivity contribution in [3.63, 3.8) is 0 Å². The van der Waals surface area contributed by atoms with Crippen molar-refractivity contribution in [1.29, 1.82) is 5.26 Å². The molecule has 3 heteroatoms. The summed E-state index contributed by atoms with van der Waals surface area (Å²) in [6.45, 7) is 7.93. The van der Waals surface area contributed by atoms with Gasteiger partial charge in [-0.3, -0.25) is 5.32 Å². The fourth-order valence-electron chi connectivity index (χ4n) is 2.83. The van der Waals surface area contributed by atoms with Crippen LogP contribution in [0.25, 0.3) is 0 Å². The number of hydrogen-bond acceptors (Lipinski definition) is 3. The van der Waals surface area contributed by atoms with Crippen LogP contribution in [0.3, 0.4) is 0 Å². The normalized spacial score (nSPS) is 14.2. The van der Waals surface area contributed by atoms with E-state index in [1.165, 1.54) is 0 Å². The monoisotopic (exact) mass is 273 g/mol. The van der Waals surface area contributed by atoms with Crippen LogP contribution in [0.4, 0.5) is 0 Å². The van der Waals surface area contributed by atoms with Gasteiger partial charge >= 0.3 is 0 Å². The van der Waals surface area contributed by atoms with E-state index >= 15 is 0 Å². The molecule has 3 nitrogen and oxygen atoms in total. The van der Waals surface area contributed by atoms with E-state index in [2.05, 4.69) is 37.2 Å². The summed E-state index contributed by atoms with van der Waals surface area (Å²) in [7, 11) is 2.12. The molecule has 1 rings (SSSR count). The highest BCUT2D eigenvalue weighted by molar-refractivity contribution is 5.32. The molecule has 0 heterocycles. The van der Waals surface area contributed by atoms with Crippen LogP contribution in [0.15, 0.2) is 30.3 Å². The summed E-state index contributed by atoms with van der Waals surface area (Å²) in [6, 6.07) is 13.1. The van der Waals surface area contributed by atoms with Gasteiger partial charge in [-0.05, 0) is 32.0 Å². The van der Waals surface area contributed by atoms with Gasteiger partial charge in [0.2, 0.25) is 0 Å². The van der Waals surface area contributed by atoms with Gasteiger partial charge in [0, 0.05) is 12.6 Å². The van der Waals surface area contributed by atoms with E-state index in [1.807, 2.05) is 37.3 Å². The third-order valence-corrected chi connectivity index (χ3v) is 3.99. The molecule has 0 saturated carbocycles. The van der Waals surface area contributed by atoms with Crippen LogP contribution in [0.5, 0.6) is 0 Å². The first kappa shape index (κ1) is 16.7. The summed E-state index contributed by atoms with van der Waals surface area (Å²) in [5, 5.41) is 13.2. The Balaban J connectivity index is 3.04. The van der Waals surface area contributed by atoms with Crippen molar-refractivity contribution in [1.82, 2.24) is 10.2 Å². The molecule has 0 amide bonds. The SMILES string of the molecule is CCNC(C#N)(CN(C)C(CC)CC)c1ccccc1. The Morgan fingerprint density at radius 3 is 2.25 bits per heavy atom. The van der Waals surface area contributed by atoms with Crippen molar-refractivity contribution >= 4 is 0 Å². The Morgan fingerprint density at radius 2 is 1.80 bits per heavy atom. The number of benzene rings is 1. The Morgan fingerprint density at radius 1 is 1.20 bits per heavy atom. The molecule has 0 radical (unpaired) electrons. The van der Waals surface area contributed by atoms with Crippen LogP contribution < -0.4 is 5.32 Å². The lowest BCUT2D eigenvalue weighted by Gasteiger charge is -2.36. The number of nitriles is 1. The van der Waals surface area contributed by atoms with Crippen LogP contribution in [-0.2, 0) is 5.54 Å². The van der Waals surface area contributed by atoms with Gasteiger partial charge in [-0.1, -0.05) is 51.1 Å². The van der Waals surface area contributed by atoms with E-state index in [1.54, 1.807) is 0 Å². The number of likely N-dealkylation sites (N-methyl/N-ethyl adjacent to an activating group) is 2. The van der Waals surface area contributed by atoms with Crippen molar-refractivity contribution in [2.75, 3.05) is 20.1 Å². The molecule has 0 saturated heterocycles. The molecule has 20 heavy (non-hydrogen) atoms. The minimum absolute atomic E-state index is 0.519. The summed E-state index contributed by atoms with van der Waals surface area (Å²) in [5.74, 6) is 0. The Labute approximate surface area is 123 Å². The van der Waals surface area contributed by atoms with Crippen molar-refractivity contribution in [2.45, 2.75) is 45.2 Å². The lowest BCUT2D eigenvalue weighted by molar-refractivity contribution is 0.182. The Kier molecular flexibility index (Phi) is 6.70. The fraction of sp³-hybridized carbons (Fsp3) is 0.588. The highest BCUT2D eigenvalue weighted by Crippen LogP contribution is 2.23. The maximum absolute atomic E-state index is 9.80. The van der Waals surface area contributed by atoms with Crippen LogP contribution in [0.1, 0.15) is 39.2 Å². The van der Waals surface area contributed by atoms with E-state index < -0.39 is 5.54 Å². The van der Waals surface area contributed by atoms with Gasteiger partial charge in [-0.25, -0.2) is 0 Å². The van der Waals surface area contributed by atoms with Gasteiger partial charge in [-0.2, -0.15) is 5.26 Å². The third kappa shape index (κ3) is 3.82. The average molecular weight is 273 g/mol. The lowest BCUT2D eigenvalue weighted by Crippen LogP contribution is -2.51. The van der Waals surface area contributed by atoms with E-state index in [-0.39, 0.29) is 0 Å². The summed E-state index contributed by atoms with van der Waals surface area (Å²) in [5.41, 5.74) is 0.412. The van der Waals surface area contributed by atoms with E-state index in [9.17, 15) is 5.26 Å². The van der Waals surface area contributed by atoms with Crippen LogP contribution in [-0.4, -0.2) is 31.1 Å². The van der Waals surface area contributed by atoms with Crippen molar-refractivity contribution < 1.29 is 0 Å². The maximum atomic E-state index is 9.80. The number of nitrogens with one attached hydrogen (secondary N) is 1. The van der Waals surface area contributed by atoms with Crippen molar-refractivity contribution in [3.8, 4) is 6.07 Å². The quantitative estimate of drug-likeness (QED) is 0.791. The van der Waals surface area contributed by atoms with Crippen LogP contribution in [0.2, 0.25) is 0 Å². The molecular formula is C17H27N3. The second-order valence-electron chi connectivity index (χ2n) is 5.30. The van der Waals surface area contributed by atoms with Gasteiger partial charge in [-0.15, -0.1) is 0 Å². The fourth-order valence-corrected chi connectivity index (χ4v) is 2.83. The van der Waals surface area contributed by atoms with Gasteiger partial charge in [0.1, 0.15) is 5.54 Å². The van der Waals surface area contributed by atoms with Crippen molar-refractivity contribution in [2.24, 2.45) is 0 Å². The van der Waals surface area contributed by atoms with Crippen molar-refractivity contribution in [3.05, 3.63) is 35.9 Å². The lowest BCUT2D eigenvalue weighted by atomic mass is 9.90. The van der Waals surface area contributed by atoms with Gasteiger partial charge < -0.3 is 4.90 Å². The molecule has 1 aromatic rings. The molecule has 0 aliphatic rings. The highest BCUT2D eigenvalue weighted by atomic mass is 15.2. The summed E-state index contributed by atoms with van der Waals surface area (Å²) < 4.78 is 0. The molecule has 0 fully saturated rings. The smallest absolute Gasteiger partial charge is 0.145 e. The standard InChI is InChI=1S/C17H27N3/c1-5-16(6-2)20(4)14-17(13-18,19-7-3)15-11-9-8-10-12-15/h8-12,16,19H,5-7,14H2,1-4H3. The largest absolute Gasteiger partial charge is 0.300 e. The molecule has 1 aromatic carbocycles. The maximum Gasteiger partial charge on any atom is 0.145 e. The molecule has 0 aromatic heterocycles. The molecule has 1 atom stereocenters. The topological polar surface area (TPSA) is 39.1 Å². The van der Waals surface area contributed by atoms with Gasteiger partial charge in [0.25, 0.3) is 0 Å². The summed E-state index contributed by atoms with van der Waals surface area (Å²) in [4.78, 5) is 2.30. The number of nitrogens with zero attached hydrogens (tertiary/aromatic N) is 2. The predicted molar refractivity (Wildman–Crippen MR) is 84.4 cm³/mol. The molecule has 0 bridgehead atoms.